The third-order valence-electron chi connectivity index (χ3n) is 3.93. The Balaban J connectivity index is 1.49. The average Bonchev–Trinajstić information content (AvgIpc) is 2.97. The third-order valence-corrected chi connectivity index (χ3v) is 5.98. The van der Waals surface area contributed by atoms with Gasteiger partial charge in [-0.25, -0.2) is 9.37 Å². The van der Waals surface area contributed by atoms with E-state index in [4.69, 9.17) is 0 Å². The van der Waals surface area contributed by atoms with Gasteiger partial charge in [-0.3, -0.25) is 9.69 Å². The van der Waals surface area contributed by atoms with Gasteiger partial charge in [0.15, 0.2) is 5.13 Å². The minimum absolute atomic E-state index is 0.0720. The van der Waals surface area contributed by atoms with Gasteiger partial charge in [-0.15, -0.1) is 23.1 Å². The molecule has 3 rings (SSSR count). The predicted molar refractivity (Wildman–Crippen MR) is 97.1 cm³/mol. The van der Waals surface area contributed by atoms with Crippen molar-refractivity contribution in [3.63, 3.8) is 0 Å². The fourth-order valence-electron chi connectivity index (χ4n) is 2.57. The molecule has 4 nitrogen and oxygen atoms in total. The van der Waals surface area contributed by atoms with Gasteiger partial charge in [-0.1, -0.05) is 19.1 Å². The lowest BCUT2D eigenvalue weighted by molar-refractivity contribution is -0.115. The van der Waals surface area contributed by atoms with Crippen LogP contribution >= 0.6 is 23.1 Å². The molecular weight excluding hydrogens is 345 g/mol. The molecule has 0 unspecified atom stereocenters. The van der Waals surface area contributed by atoms with Gasteiger partial charge in [0.05, 0.1) is 5.69 Å². The van der Waals surface area contributed by atoms with Crippen molar-refractivity contribution in [1.29, 1.82) is 0 Å². The summed E-state index contributed by atoms with van der Waals surface area (Å²) < 4.78 is 13.5. The summed E-state index contributed by atoms with van der Waals surface area (Å²) in [5.41, 5.74) is 1.11. The largest absolute Gasteiger partial charge is 0.302 e. The molecule has 0 aliphatic carbocycles. The van der Waals surface area contributed by atoms with Crippen molar-refractivity contribution in [2.75, 3.05) is 24.2 Å². The lowest BCUT2D eigenvalue weighted by Crippen LogP contribution is -2.29. The smallest absolute Gasteiger partial charge is 0.226 e. The topological polar surface area (TPSA) is 45.2 Å². The minimum Gasteiger partial charge on any atom is -0.302 e. The molecule has 1 aliphatic rings. The summed E-state index contributed by atoms with van der Waals surface area (Å²) in [4.78, 5) is 20.8. The Bertz CT molecular complexity index is 720. The predicted octanol–water partition coefficient (Wildman–Crippen LogP) is 3.78. The molecule has 1 N–H and O–H groups in total. The summed E-state index contributed by atoms with van der Waals surface area (Å²) in [5, 5.41) is 3.56. The van der Waals surface area contributed by atoms with E-state index < -0.39 is 0 Å². The van der Waals surface area contributed by atoms with Gasteiger partial charge in [0.2, 0.25) is 5.91 Å². The maximum absolute atomic E-state index is 13.5. The zero-order valence-corrected chi connectivity index (χ0v) is 15.2. The van der Waals surface area contributed by atoms with Gasteiger partial charge in [-0.05, 0) is 18.7 Å². The van der Waals surface area contributed by atoms with Crippen LogP contribution in [0.25, 0.3) is 0 Å². The van der Waals surface area contributed by atoms with E-state index in [0.29, 0.717) is 22.2 Å². The van der Waals surface area contributed by atoms with Gasteiger partial charge in [0, 0.05) is 41.5 Å². The lowest BCUT2D eigenvalue weighted by atomic mass is 10.2. The number of thiazole rings is 1. The number of aromatic nitrogens is 1. The number of amides is 1. The summed E-state index contributed by atoms with van der Waals surface area (Å²) in [6, 6.07) is 6.62. The van der Waals surface area contributed by atoms with Crippen LogP contribution in [0.1, 0.15) is 23.9 Å². The molecule has 1 amide bonds. The Morgan fingerprint density at radius 2 is 2.29 bits per heavy atom. The van der Waals surface area contributed by atoms with Crippen LogP contribution in [0.5, 0.6) is 0 Å². The lowest BCUT2D eigenvalue weighted by Gasteiger charge is -2.23. The monoisotopic (exact) mass is 365 g/mol. The number of nitrogens with zero attached hydrogens (tertiary/aromatic N) is 2. The van der Waals surface area contributed by atoms with Gasteiger partial charge in [-0.2, -0.15) is 0 Å². The molecule has 2 heterocycles. The zero-order valence-electron chi connectivity index (χ0n) is 13.5. The summed E-state index contributed by atoms with van der Waals surface area (Å²) in [6.45, 7) is 5.14. The molecule has 1 aromatic heterocycles. The van der Waals surface area contributed by atoms with E-state index in [2.05, 4.69) is 22.1 Å². The third kappa shape index (κ3) is 4.34. The number of thioether (sulfide) groups is 1. The van der Waals surface area contributed by atoms with E-state index in [1.54, 1.807) is 29.5 Å². The Hall–Kier alpha value is -1.44. The first-order valence-corrected chi connectivity index (χ1v) is 9.84. The van der Waals surface area contributed by atoms with Crippen LogP contribution in [0.4, 0.5) is 9.52 Å². The molecule has 128 valence electrons. The number of halogens is 1. The highest BCUT2D eigenvalue weighted by Gasteiger charge is 2.20. The average molecular weight is 365 g/mol. The molecule has 0 atom stereocenters. The van der Waals surface area contributed by atoms with E-state index in [-0.39, 0.29) is 11.7 Å². The summed E-state index contributed by atoms with van der Waals surface area (Å²) in [7, 11) is 0. The van der Waals surface area contributed by atoms with Crippen LogP contribution in [-0.4, -0.2) is 34.6 Å². The fourth-order valence-corrected chi connectivity index (χ4v) is 4.52. The molecule has 24 heavy (non-hydrogen) atoms. The molecule has 0 saturated heterocycles. The van der Waals surface area contributed by atoms with Gasteiger partial charge in [0.1, 0.15) is 5.82 Å². The Labute approximate surface area is 149 Å². The number of hydrogen-bond acceptors (Lipinski definition) is 5. The van der Waals surface area contributed by atoms with Crippen molar-refractivity contribution < 1.29 is 9.18 Å². The second-order valence-corrected chi connectivity index (χ2v) is 7.81. The molecule has 0 fully saturated rings. The van der Waals surface area contributed by atoms with E-state index >= 15 is 0 Å². The van der Waals surface area contributed by atoms with Gasteiger partial charge < -0.3 is 5.32 Å². The number of carbonyl (C=O) groups is 1. The van der Waals surface area contributed by atoms with E-state index in [0.717, 1.165) is 31.7 Å². The van der Waals surface area contributed by atoms with Gasteiger partial charge >= 0.3 is 0 Å². The first-order valence-electron chi connectivity index (χ1n) is 8.04. The maximum Gasteiger partial charge on any atom is 0.226 e. The van der Waals surface area contributed by atoms with Crippen molar-refractivity contribution in [3.05, 3.63) is 40.7 Å². The summed E-state index contributed by atoms with van der Waals surface area (Å²) >= 11 is 2.92. The molecule has 2 aromatic rings. The van der Waals surface area contributed by atoms with E-state index in [1.807, 2.05) is 0 Å². The number of fused-ring (bicyclic) bond motifs is 1. The molecule has 1 aliphatic heterocycles. The van der Waals surface area contributed by atoms with Crippen molar-refractivity contribution in [2.24, 2.45) is 0 Å². The van der Waals surface area contributed by atoms with Crippen molar-refractivity contribution in [2.45, 2.75) is 31.2 Å². The molecule has 0 radical (unpaired) electrons. The van der Waals surface area contributed by atoms with E-state index in [9.17, 15) is 9.18 Å². The second kappa shape index (κ2) is 8.09. The molecule has 0 saturated carbocycles. The number of hydrogen-bond donors (Lipinski definition) is 1. The number of likely N-dealkylation sites (N-methyl/N-ethyl adjacent to an activating group) is 1. The normalized spacial score (nSPS) is 14.4. The summed E-state index contributed by atoms with van der Waals surface area (Å²) in [5.74, 6) is 0.231. The fraction of sp³-hybridized carbons (Fsp3) is 0.412. The standard InChI is InChI=1S/C17H20FN3OS2/c1-2-21-9-7-13-15(11-21)24-17(19-13)20-16(22)8-10-23-14-6-4-3-5-12(14)18/h3-6H,2,7-11H2,1H3,(H,19,20,22). The molecule has 7 heteroatoms. The first kappa shape index (κ1) is 17.4. The first-order chi connectivity index (χ1) is 11.7. The van der Waals surface area contributed by atoms with Crippen LogP contribution in [0.3, 0.4) is 0 Å². The highest BCUT2D eigenvalue weighted by atomic mass is 32.2. The number of benzene rings is 1. The Kier molecular flexibility index (Phi) is 5.86. The van der Waals surface area contributed by atoms with Crippen molar-refractivity contribution in [1.82, 2.24) is 9.88 Å². The van der Waals surface area contributed by atoms with Crippen LogP contribution in [0, 0.1) is 5.82 Å². The Morgan fingerprint density at radius 3 is 3.08 bits per heavy atom. The minimum atomic E-state index is -0.240. The van der Waals surface area contributed by atoms with E-state index in [1.165, 1.54) is 22.7 Å². The quantitative estimate of drug-likeness (QED) is 0.792. The number of anilines is 1. The van der Waals surface area contributed by atoms with Crippen LogP contribution in [-0.2, 0) is 17.8 Å². The highest BCUT2D eigenvalue weighted by molar-refractivity contribution is 7.99. The number of nitrogens with one attached hydrogen (secondary N) is 1. The van der Waals surface area contributed by atoms with Crippen molar-refractivity contribution >= 4 is 34.1 Å². The second-order valence-electron chi connectivity index (χ2n) is 5.58. The maximum atomic E-state index is 13.5. The molecule has 1 aromatic carbocycles. The number of carbonyl (C=O) groups excluding carboxylic acids is 1. The molecular formula is C17H20FN3OS2. The highest BCUT2D eigenvalue weighted by Crippen LogP contribution is 2.28. The SMILES string of the molecule is CCN1CCc2nc(NC(=O)CCSc3ccccc3F)sc2C1. The molecule has 0 bridgehead atoms. The molecule has 0 spiro atoms. The van der Waals surface area contributed by atoms with Gasteiger partial charge in [0.25, 0.3) is 0 Å². The van der Waals surface area contributed by atoms with Crippen LogP contribution in [0.2, 0.25) is 0 Å². The summed E-state index contributed by atoms with van der Waals surface area (Å²) in [6.07, 6.45) is 1.28. The zero-order chi connectivity index (χ0) is 16.9. The van der Waals surface area contributed by atoms with Crippen LogP contribution in [0.15, 0.2) is 29.2 Å². The van der Waals surface area contributed by atoms with Crippen molar-refractivity contribution in [3.8, 4) is 0 Å². The van der Waals surface area contributed by atoms with Crippen LogP contribution < -0.4 is 5.32 Å². The Morgan fingerprint density at radius 1 is 1.46 bits per heavy atom. The number of rotatable bonds is 6.